The number of nitrogens with two attached hydrogens (primary N) is 1. The van der Waals surface area contributed by atoms with Gasteiger partial charge in [-0.15, -0.1) is 0 Å². The standard InChI is InChI=1S/C20H32N4O6S/c1-12-8-17(23-31(3,27)28)18(24(12)20(25)26)11-30-14-6-4-13(5-7-14)16-9-15(29-2)10-19(21)22-16/h9-10,12-14,17-18,23H,4-8,11H2,1-3H3,(H2,21,22)(H,25,26)/t12-,13?,14?,17+,18+/m1/s1. The molecule has 2 heterocycles. The summed E-state index contributed by atoms with van der Waals surface area (Å²) < 4.78 is 37.4. The lowest BCUT2D eigenvalue weighted by Crippen LogP contribution is -2.50. The number of anilines is 1. The second-order valence-electron chi connectivity index (χ2n) is 8.50. The molecule has 0 unspecified atom stereocenters. The Balaban J connectivity index is 1.59. The maximum absolute atomic E-state index is 11.7. The number of pyridine rings is 1. The van der Waals surface area contributed by atoms with E-state index in [1.165, 1.54) is 4.90 Å². The largest absolute Gasteiger partial charge is 0.497 e. The summed E-state index contributed by atoms with van der Waals surface area (Å²) in [5, 5.41) is 9.60. The minimum atomic E-state index is -3.46. The van der Waals surface area contributed by atoms with E-state index in [1.807, 2.05) is 6.07 Å². The van der Waals surface area contributed by atoms with Crippen molar-refractivity contribution in [3.05, 3.63) is 17.8 Å². The lowest BCUT2D eigenvalue weighted by Gasteiger charge is -2.32. The second kappa shape index (κ2) is 9.58. The second-order valence-corrected chi connectivity index (χ2v) is 10.3. The highest BCUT2D eigenvalue weighted by Crippen LogP contribution is 2.35. The zero-order valence-corrected chi connectivity index (χ0v) is 19.0. The van der Waals surface area contributed by atoms with Crippen LogP contribution in [0.25, 0.3) is 0 Å². The summed E-state index contributed by atoms with van der Waals surface area (Å²) in [6.45, 7) is 1.94. The number of ether oxygens (including phenoxy) is 2. The SMILES string of the molecule is COc1cc(N)nc(C2CCC(OC[C@H]3[C@@H](NS(C)(=O)=O)C[C@@H](C)N3C(=O)O)CC2)c1. The van der Waals surface area contributed by atoms with Crippen molar-refractivity contribution in [2.45, 2.75) is 69.2 Å². The smallest absolute Gasteiger partial charge is 0.407 e. The van der Waals surface area contributed by atoms with Crippen LogP contribution in [0.1, 0.15) is 50.6 Å². The minimum Gasteiger partial charge on any atom is -0.497 e. The molecule has 174 valence electrons. The van der Waals surface area contributed by atoms with Crippen molar-refractivity contribution in [2.75, 3.05) is 25.7 Å². The van der Waals surface area contributed by atoms with Gasteiger partial charge in [0, 0.05) is 35.8 Å². The van der Waals surface area contributed by atoms with E-state index in [1.54, 1.807) is 20.1 Å². The van der Waals surface area contributed by atoms with Crippen molar-refractivity contribution in [3.63, 3.8) is 0 Å². The normalized spacial score (nSPS) is 29.1. The van der Waals surface area contributed by atoms with Crippen molar-refractivity contribution in [3.8, 4) is 5.75 Å². The molecule has 31 heavy (non-hydrogen) atoms. The molecular formula is C20H32N4O6S. The van der Waals surface area contributed by atoms with Crippen LogP contribution >= 0.6 is 0 Å². The average Bonchev–Trinajstić information content (AvgIpc) is 2.99. The lowest BCUT2D eigenvalue weighted by atomic mass is 9.85. The summed E-state index contributed by atoms with van der Waals surface area (Å²) in [6, 6.07) is 2.26. The quantitative estimate of drug-likeness (QED) is 0.563. The highest BCUT2D eigenvalue weighted by atomic mass is 32.2. The Hall–Kier alpha value is -2.11. The van der Waals surface area contributed by atoms with Gasteiger partial charge in [-0.2, -0.15) is 0 Å². The molecule has 1 saturated heterocycles. The number of nitrogen functional groups attached to an aromatic ring is 1. The number of amides is 1. The van der Waals surface area contributed by atoms with Crippen LogP contribution in [0.3, 0.4) is 0 Å². The first-order chi connectivity index (χ1) is 14.6. The van der Waals surface area contributed by atoms with Gasteiger partial charge in [-0.25, -0.2) is 22.9 Å². The number of aromatic nitrogens is 1. The summed E-state index contributed by atoms with van der Waals surface area (Å²) in [5.74, 6) is 1.38. The number of hydrogen-bond donors (Lipinski definition) is 3. The van der Waals surface area contributed by atoms with Crippen LogP contribution < -0.4 is 15.2 Å². The van der Waals surface area contributed by atoms with Gasteiger partial charge in [0.2, 0.25) is 10.0 Å². The van der Waals surface area contributed by atoms with Gasteiger partial charge in [-0.05, 0) is 39.0 Å². The minimum absolute atomic E-state index is 0.00959. The third-order valence-corrected chi connectivity index (χ3v) is 6.88. The molecule has 11 heteroatoms. The summed E-state index contributed by atoms with van der Waals surface area (Å²) in [7, 11) is -1.86. The average molecular weight is 457 g/mol. The number of nitrogens with one attached hydrogen (secondary N) is 1. The third-order valence-electron chi connectivity index (χ3n) is 6.15. The van der Waals surface area contributed by atoms with E-state index in [-0.39, 0.29) is 24.7 Å². The molecule has 1 aliphatic carbocycles. The molecule has 1 saturated carbocycles. The van der Waals surface area contributed by atoms with Crippen LogP contribution in [0, 0.1) is 0 Å². The van der Waals surface area contributed by atoms with Gasteiger partial charge in [-0.1, -0.05) is 0 Å². The van der Waals surface area contributed by atoms with Gasteiger partial charge in [0.25, 0.3) is 0 Å². The van der Waals surface area contributed by atoms with Crippen LogP contribution in [0.2, 0.25) is 0 Å². The molecule has 0 radical (unpaired) electrons. The van der Waals surface area contributed by atoms with Crippen LogP contribution in [0.4, 0.5) is 10.6 Å². The highest BCUT2D eigenvalue weighted by Gasteiger charge is 2.43. The van der Waals surface area contributed by atoms with Gasteiger partial charge in [-0.3, -0.25) is 4.90 Å². The van der Waals surface area contributed by atoms with Gasteiger partial charge in [0.15, 0.2) is 0 Å². The third kappa shape index (κ3) is 5.98. The van der Waals surface area contributed by atoms with Crippen LogP contribution in [0.15, 0.2) is 12.1 Å². The Bertz CT molecular complexity index is 888. The number of rotatable bonds is 7. The van der Waals surface area contributed by atoms with E-state index < -0.39 is 28.2 Å². The van der Waals surface area contributed by atoms with Crippen LogP contribution in [-0.4, -0.2) is 73.7 Å². The summed E-state index contributed by atoms with van der Waals surface area (Å²) >= 11 is 0. The number of sulfonamides is 1. The Morgan fingerprint density at radius 2 is 2.00 bits per heavy atom. The number of methoxy groups -OCH3 is 1. The molecule has 1 aromatic rings. The molecule has 2 aliphatic rings. The molecule has 3 atom stereocenters. The Morgan fingerprint density at radius 1 is 1.32 bits per heavy atom. The van der Waals surface area contributed by atoms with Gasteiger partial charge in [0.05, 0.1) is 32.1 Å². The van der Waals surface area contributed by atoms with E-state index in [0.29, 0.717) is 18.0 Å². The van der Waals surface area contributed by atoms with Crippen molar-refractivity contribution in [1.82, 2.24) is 14.6 Å². The predicted octanol–water partition coefficient (Wildman–Crippen LogP) is 1.77. The Kier molecular flexibility index (Phi) is 7.28. The van der Waals surface area contributed by atoms with Crippen molar-refractivity contribution < 1.29 is 27.8 Å². The molecule has 4 N–H and O–H groups in total. The molecule has 0 bridgehead atoms. The maximum atomic E-state index is 11.7. The number of likely N-dealkylation sites (tertiary alicyclic amines) is 1. The molecule has 1 amide bonds. The number of carboxylic acid groups (broad SMARTS) is 1. The monoisotopic (exact) mass is 456 g/mol. The topological polar surface area (TPSA) is 144 Å². The fourth-order valence-electron chi connectivity index (χ4n) is 4.72. The Labute approximate surface area is 183 Å². The van der Waals surface area contributed by atoms with Gasteiger partial charge in [0.1, 0.15) is 11.6 Å². The van der Waals surface area contributed by atoms with E-state index in [0.717, 1.165) is 37.6 Å². The van der Waals surface area contributed by atoms with E-state index in [9.17, 15) is 18.3 Å². The van der Waals surface area contributed by atoms with Gasteiger partial charge < -0.3 is 20.3 Å². The predicted molar refractivity (Wildman–Crippen MR) is 116 cm³/mol. The van der Waals surface area contributed by atoms with E-state index >= 15 is 0 Å². The van der Waals surface area contributed by atoms with E-state index in [4.69, 9.17) is 15.2 Å². The molecule has 3 rings (SSSR count). The lowest BCUT2D eigenvalue weighted by molar-refractivity contribution is -0.00718. The summed E-state index contributed by atoms with van der Waals surface area (Å²) in [5.41, 5.74) is 6.79. The molecule has 10 nitrogen and oxygen atoms in total. The zero-order chi connectivity index (χ0) is 22.8. The molecule has 1 aromatic heterocycles. The van der Waals surface area contributed by atoms with Crippen LogP contribution in [0.5, 0.6) is 5.75 Å². The van der Waals surface area contributed by atoms with E-state index in [2.05, 4.69) is 9.71 Å². The molecule has 0 spiro atoms. The molecule has 2 fully saturated rings. The molecular weight excluding hydrogens is 424 g/mol. The first-order valence-corrected chi connectivity index (χ1v) is 12.4. The summed E-state index contributed by atoms with van der Waals surface area (Å²) in [6.07, 6.45) is 3.79. The molecule has 1 aliphatic heterocycles. The highest BCUT2D eigenvalue weighted by molar-refractivity contribution is 7.88. The maximum Gasteiger partial charge on any atom is 0.407 e. The number of nitrogens with zero attached hydrogens (tertiary/aromatic N) is 2. The number of hydrogen-bond acceptors (Lipinski definition) is 7. The van der Waals surface area contributed by atoms with Gasteiger partial charge >= 0.3 is 6.09 Å². The van der Waals surface area contributed by atoms with Crippen molar-refractivity contribution >= 4 is 21.9 Å². The van der Waals surface area contributed by atoms with Crippen molar-refractivity contribution in [1.29, 1.82) is 0 Å². The van der Waals surface area contributed by atoms with Crippen molar-refractivity contribution in [2.24, 2.45) is 0 Å². The fraction of sp³-hybridized carbons (Fsp3) is 0.700. The fourth-order valence-corrected chi connectivity index (χ4v) is 5.52. The molecule has 0 aromatic carbocycles. The number of carbonyl (C=O) groups is 1. The first kappa shape index (κ1) is 23.6. The zero-order valence-electron chi connectivity index (χ0n) is 18.2. The summed E-state index contributed by atoms with van der Waals surface area (Å²) in [4.78, 5) is 17.5. The Morgan fingerprint density at radius 3 is 2.58 bits per heavy atom. The first-order valence-electron chi connectivity index (χ1n) is 10.5. The van der Waals surface area contributed by atoms with Crippen LogP contribution in [-0.2, 0) is 14.8 Å².